The molecule has 3 atom stereocenters. The predicted octanol–water partition coefficient (Wildman–Crippen LogP) is 5.21. The van der Waals surface area contributed by atoms with Crippen LogP contribution in [0.3, 0.4) is 0 Å². The number of hydrogen-bond donors (Lipinski definition) is 1. The Morgan fingerprint density at radius 3 is 2.63 bits per heavy atom. The molecule has 0 saturated heterocycles. The van der Waals surface area contributed by atoms with Crippen molar-refractivity contribution in [2.24, 2.45) is 11.3 Å². The molecule has 1 aliphatic rings. The van der Waals surface area contributed by atoms with Crippen LogP contribution in [-0.2, 0) is 0 Å². The van der Waals surface area contributed by atoms with Crippen LogP contribution < -0.4 is 5.32 Å². The van der Waals surface area contributed by atoms with E-state index in [9.17, 15) is 0 Å². The third kappa shape index (κ3) is 3.73. The quantitative estimate of drug-likeness (QED) is 0.798. The molecule has 1 N–H and O–H groups in total. The molecule has 2 rings (SSSR count). The topological polar surface area (TPSA) is 12.0 Å². The van der Waals surface area contributed by atoms with Crippen LogP contribution in [0.5, 0.6) is 0 Å². The van der Waals surface area contributed by atoms with Crippen molar-refractivity contribution in [1.82, 2.24) is 5.32 Å². The van der Waals surface area contributed by atoms with E-state index in [1.807, 2.05) is 12.1 Å². The zero-order chi connectivity index (χ0) is 14.0. The lowest BCUT2D eigenvalue weighted by Gasteiger charge is -2.26. The molecule has 1 aromatic carbocycles. The summed E-state index contributed by atoms with van der Waals surface area (Å²) >= 11 is 6.11. The second-order valence-corrected chi connectivity index (χ2v) is 7.28. The lowest BCUT2D eigenvalue weighted by atomic mass is 9.91. The molecule has 1 nitrogen and oxygen atoms in total. The molecule has 1 aromatic rings. The number of nitrogens with one attached hydrogen (secondary N) is 1. The van der Waals surface area contributed by atoms with Gasteiger partial charge in [-0.3, -0.25) is 0 Å². The first-order valence-electron chi connectivity index (χ1n) is 7.43. The first kappa shape index (κ1) is 14.9. The lowest BCUT2D eigenvalue weighted by Crippen LogP contribution is -2.34. The fourth-order valence-electron chi connectivity index (χ4n) is 3.55. The predicted molar refractivity (Wildman–Crippen MR) is 83.6 cm³/mol. The average molecular weight is 280 g/mol. The fraction of sp³-hybridized carbons (Fsp3) is 0.647. The van der Waals surface area contributed by atoms with Gasteiger partial charge in [0.15, 0.2) is 0 Å². The highest BCUT2D eigenvalue weighted by Crippen LogP contribution is 2.41. The number of rotatable bonds is 4. The molecule has 19 heavy (non-hydrogen) atoms. The lowest BCUT2D eigenvalue weighted by molar-refractivity contribution is 0.349. The molecular weight excluding hydrogens is 254 g/mol. The second-order valence-electron chi connectivity index (χ2n) is 6.84. The Balaban J connectivity index is 2.08. The van der Waals surface area contributed by atoms with Gasteiger partial charge in [-0.15, -0.1) is 0 Å². The van der Waals surface area contributed by atoms with E-state index in [-0.39, 0.29) is 0 Å². The minimum Gasteiger partial charge on any atom is -0.307 e. The summed E-state index contributed by atoms with van der Waals surface area (Å²) in [4.78, 5) is 0. The molecule has 1 saturated carbocycles. The van der Waals surface area contributed by atoms with Gasteiger partial charge < -0.3 is 5.32 Å². The summed E-state index contributed by atoms with van der Waals surface area (Å²) in [7, 11) is 0. The molecular formula is C17H26ClN. The van der Waals surface area contributed by atoms with Gasteiger partial charge in [0.25, 0.3) is 0 Å². The normalized spacial score (nSPS) is 27.4. The number of halogens is 1. The highest BCUT2D eigenvalue weighted by atomic mass is 35.5. The minimum atomic E-state index is 0.417. The van der Waals surface area contributed by atoms with Crippen LogP contribution in [0.4, 0.5) is 0 Å². The van der Waals surface area contributed by atoms with E-state index in [0.29, 0.717) is 17.5 Å². The molecule has 1 aliphatic carbocycles. The Kier molecular flexibility index (Phi) is 4.58. The average Bonchev–Trinajstić information content (AvgIpc) is 2.59. The Hall–Kier alpha value is -0.530. The first-order valence-corrected chi connectivity index (χ1v) is 7.80. The van der Waals surface area contributed by atoms with Gasteiger partial charge in [-0.05, 0) is 48.3 Å². The molecule has 0 radical (unpaired) electrons. The minimum absolute atomic E-state index is 0.417. The van der Waals surface area contributed by atoms with Crippen LogP contribution in [0, 0.1) is 11.3 Å². The number of hydrogen-bond acceptors (Lipinski definition) is 1. The summed E-state index contributed by atoms with van der Waals surface area (Å²) in [5.74, 6) is 0.753. The van der Waals surface area contributed by atoms with Crippen LogP contribution in [-0.4, -0.2) is 6.04 Å². The zero-order valence-corrected chi connectivity index (χ0v) is 13.3. The summed E-state index contributed by atoms with van der Waals surface area (Å²) in [6.45, 7) is 9.37. The van der Waals surface area contributed by atoms with E-state index < -0.39 is 0 Å². The molecule has 1 fully saturated rings. The van der Waals surface area contributed by atoms with Gasteiger partial charge in [0.1, 0.15) is 0 Å². The third-order valence-corrected chi connectivity index (χ3v) is 4.64. The molecule has 0 heterocycles. The van der Waals surface area contributed by atoms with E-state index in [0.717, 1.165) is 17.4 Å². The smallest absolute Gasteiger partial charge is 0.0409 e. The van der Waals surface area contributed by atoms with Crippen molar-refractivity contribution in [1.29, 1.82) is 0 Å². The van der Waals surface area contributed by atoms with Crippen LogP contribution in [0.1, 0.15) is 58.6 Å². The van der Waals surface area contributed by atoms with Gasteiger partial charge in [0, 0.05) is 17.1 Å². The SMILES string of the molecule is CCC(NC1CC(C)(C)CC1C)c1cccc(Cl)c1. The molecule has 0 bridgehead atoms. The fourth-order valence-corrected chi connectivity index (χ4v) is 3.75. The van der Waals surface area contributed by atoms with Gasteiger partial charge in [-0.1, -0.05) is 51.4 Å². The summed E-state index contributed by atoms with van der Waals surface area (Å²) in [6.07, 6.45) is 3.69. The van der Waals surface area contributed by atoms with Gasteiger partial charge in [-0.25, -0.2) is 0 Å². The Morgan fingerprint density at radius 2 is 2.11 bits per heavy atom. The van der Waals surface area contributed by atoms with Crippen molar-refractivity contribution in [2.75, 3.05) is 0 Å². The maximum Gasteiger partial charge on any atom is 0.0409 e. The van der Waals surface area contributed by atoms with E-state index >= 15 is 0 Å². The Morgan fingerprint density at radius 1 is 1.37 bits per heavy atom. The molecule has 2 heteroatoms. The van der Waals surface area contributed by atoms with Crippen molar-refractivity contribution in [2.45, 2.75) is 59.0 Å². The third-order valence-electron chi connectivity index (χ3n) is 4.41. The van der Waals surface area contributed by atoms with Crippen LogP contribution in [0.15, 0.2) is 24.3 Å². The van der Waals surface area contributed by atoms with Gasteiger partial charge in [-0.2, -0.15) is 0 Å². The summed E-state index contributed by atoms with van der Waals surface area (Å²) < 4.78 is 0. The summed E-state index contributed by atoms with van der Waals surface area (Å²) in [6, 6.07) is 9.30. The van der Waals surface area contributed by atoms with Crippen molar-refractivity contribution in [3.8, 4) is 0 Å². The molecule has 0 spiro atoms. The molecule has 0 amide bonds. The molecule has 3 unspecified atom stereocenters. The van der Waals surface area contributed by atoms with Crippen molar-refractivity contribution in [3.05, 3.63) is 34.9 Å². The highest BCUT2D eigenvalue weighted by Gasteiger charge is 2.37. The highest BCUT2D eigenvalue weighted by molar-refractivity contribution is 6.30. The maximum absolute atomic E-state index is 6.11. The van der Waals surface area contributed by atoms with Crippen molar-refractivity contribution >= 4 is 11.6 Å². The van der Waals surface area contributed by atoms with Crippen LogP contribution in [0.2, 0.25) is 5.02 Å². The standard InChI is InChI=1S/C17H26ClN/c1-5-15(13-7-6-8-14(18)9-13)19-16-11-17(3,4)10-12(16)2/h6-9,12,15-16,19H,5,10-11H2,1-4H3. The van der Waals surface area contributed by atoms with E-state index in [4.69, 9.17) is 11.6 Å². The van der Waals surface area contributed by atoms with E-state index in [1.54, 1.807) is 0 Å². The van der Waals surface area contributed by atoms with E-state index in [2.05, 4.69) is 45.1 Å². The van der Waals surface area contributed by atoms with E-state index in [1.165, 1.54) is 18.4 Å². The van der Waals surface area contributed by atoms with Gasteiger partial charge >= 0.3 is 0 Å². The van der Waals surface area contributed by atoms with Crippen LogP contribution >= 0.6 is 11.6 Å². The van der Waals surface area contributed by atoms with Gasteiger partial charge in [0.05, 0.1) is 0 Å². The largest absolute Gasteiger partial charge is 0.307 e. The summed E-state index contributed by atoms with van der Waals surface area (Å²) in [5.41, 5.74) is 1.79. The summed E-state index contributed by atoms with van der Waals surface area (Å²) in [5, 5.41) is 4.69. The first-order chi connectivity index (χ1) is 8.91. The molecule has 106 valence electrons. The molecule has 0 aromatic heterocycles. The maximum atomic E-state index is 6.11. The van der Waals surface area contributed by atoms with Crippen molar-refractivity contribution < 1.29 is 0 Å². The van der Waals surface area contributed by atoms with Crippen LogP contribution in [0.25, 0.3) is 0 Å². The Labute approximate surface area is 122 Å². The molecule has 0 aliphatic heterocycles. The van der Waals surface area contributed by atoms with Crippen molar-refractivity contribution in [3.63, 3.8) is 0 Å². The monoisotopic (exact) mass is 279 g/mol. The second kappa shape index (κ2) is 5.85. The Bertz CT molecular complexity index is 427. The zero-order valence-electron chi connectivity index (χ0n) is 12.5. The van der Waals surface area contributed by atoms with Gasteiger partial charge in [0.2, 0.25) is 0 Å². The number of benzene rings is 1.